The van der Waals surface area contributed by atoms with Crippen molar-refractivity contribution in [2.45, 2.75) is 31.9 Å². The lowest BCUT2D eigenvalue weighted by Crippen LogP contribution is -2.41. The molecule has 3 aromatic carbocycles. The molecule has 4 nitrogen and oxygen atoms in total. The first-order valence-electron chi connectivity index (χ1n) is 10.0. The number of Topliss-reactive ketones (excluding diaryl/α,β-unsaturated/α-hetero) is 1. The standard InChI is InChI=1S/C25H21Cl2NO3/c1-2-16-7-10-18(11-8-16)23(29)14-25(31)19-5-3-4-6-22(19)28(24(25)30)15-17-9-12-20(26)21(27)13-17/h3-13,31H,2,14-15H2,1H3/t25-/m1/s1. The summed E-state index contributed by atoms with van der Waals surface area (Å²) in [6.07, 6.45) is 0.542. The number of fused-ring (bicyclic) bond motifs is 1. The molecule has 0 spiro atoms. The monoisotopic (exact) mass is 453 g/mol. The zero-order valence-electron chi connectivity index (χ0n) is 16.9. The van der Waals surface area contributed by atoms with Crippen LogP contribution in [0.25, 0.3) is 0 Å². The van der Waals surface area contributed by atoms with Gasteiger partial charge in [-0.1, -0.05) is 78.7 Å². The van der Waals surface area contributed by atoms with Crippen molar-refractivity contribution >= 4 is 40.6 Å². The number of ketones is 1. The van der Waals surface area contributed by atoms with E-state index in [0.29, 0.717) is 26.9 Å². The maximum Gasteiger partial charge on any atom is 0.264 e. The molecule has 0 radical (unpaired) electrons. The van der Waals surface area contributed by atoms with E-state index in [4.69, 9.17) is 23.2 Å². The summed E-state index contributed by atoms with van der Waals surface area (Å²) in [5.41, 5.74) is 1.44. The smallest absolute Gasteiger partial charge is 0.264 e. The Kier molecular flexibility index (Phi) is 5.89. The quantitative estimate of drug-likeness (QED) is 0.496. The number of anilines is 1. The SMILES string of the molecule is CCc1ccc(C(=O)C[C@]2(O)C(=O)N(Cc3ccc(Cl)c(Cl)c3)c3ccccc32)cc1. The van der Waals surface area contributed by atoms with Crippen molar-refractivity contribution in [2.24, 2.45) is 0 Å². The van der Waals surface area contributed by atoms with E-state index in [1.165, 1.54) is 4.90 Å². The van der Waals surface area contributed by atoms with Crippen molar-refractivity contribution < 1.29 is 14.7 Å². The average Bonchev–Trinajstić information content (AvgIpc) is 2.98. The van der Waals surface area contributed by atoms with E-state index in [2.05, 4.69) is 0 Å². The molecule has 1 aliphatic rings. The number of para-hydroxylation sites is 1. The lowest BCUT2D eigenvalue weighted by Gasteiger charge is -2.23. The molecule has 158 valence electrons. The highest BCUT2D eigenvalue weighted by atomic mass is 35.5. The van der Waals surface area contributed by atoms with E-state index in [9.17, 15) is 14.7 Å². The van der Waals surface area contributed by atoms with Gasteiger partial charge in [0.05, 0.1) is 28.7 Å². The molecule has 4 rings (SSSR count). The van der Waals surface area contributed by atoms with Gasteiger partial charge in [-0.2, -0.15) is 0 Å². The molecule has 0 saturated carbocycles. The van der Waals surface area contributed by atoms with Gasteiger partial charge in [0.15, 0.2) is 11.4 Å². The number of hydrogen-bond acceptors (Lipinski definition) is 3. The van der Waals surface area contributed by atoms with E-state index in [-0.39, 0.29) is 18.7 Å². The molecule has 1 aliphatic heterocycles. The molecule has 0 aromatic heterocycles. The number of rotatable bonds is 6. The van der Waals surface area contributed by atoms with Gasteiger partial charge in [-0.05, 0) is 35.7 Å². The second-order valence-corrected chi connectivity index (χ2v) is 8.48. The van der Waals surface area contributed by atoms with Gasteiger partial charge in [0.25, 0.3) is 5.91 Å². The number of amides is 1. The molecule has 0 saturated heterocycles. The van der Waals surface area contributed by atoms with E-state index in [0.717, 1.165) is 17.5 Å². The summed E-state index contributed by atoms with van der Waals surface area (Å²) in [5.74, 6) is -0.817. The van der Waals surface area contributed by atoms with Crippen molar-refractivity contribution in [3.05, 3.63) is 99.0 Å². The van der Waals surface area contributed by atoms with Gasteiger partial charge in [-0.15, -0.1) is 0 Å². The molecular formula is C25H21Cl2NO3. The molecule has 0 bridgehead atoms. The molecule has 1 heterocycles. The summed E-state index contributed by atoms with van der Waals surface area (Å²) >= 11 is 12.1. The first-order chi connectivity index (χ1) is 14.8. The van der Waals surface area contributed by atoms with Crippen molar-refractivity contribution in [3.8, 4) is 0 Å². The Morgan fingerprint density at radius 2 is 1.65 bits per heavy atom. The third kappa shape index (κ3) is 3.99. The summed E-state index contributed by atoms with van der Waals surface area (Å²) in [7, 11) is 0. The molecule has 0 aliphatic carbocycles. The van der Waals surface area contributed by atoms with Crippen molar-refractivity contribution in [2.75, 3.05) is 4.90 Å². The van der Waals surface area contributed by atoms with Gasteiger partial charge in [-0.25, -0.2) is 0 Å². The summed E-state index contributed by atoms with van der Waals surface area (Å²) in [6.45, 7) is 2.24. The topological polar surface area (TPSA) is 57.6 Å². The summed E-state index contributed by atoms with van der Waals surface area (Å²) in [5, 5.41) is 12.2. The van der Waals surface area contributed by atoms with Gasteiger partial charge in [0.2, 0.25) is 0 Å². The van der Waals surface area contributed by atoms with Crippen molar-refractivity contribution in [1.29, 1.82) is 0 Å². The number of aliphatic hydroxyl groups is 1. The van der Waals surface area contributed by atoms with Crippen LogP contribution in [0, 0.1) is 0 Å². The summed E-state index contributed by atoms with van der Waals surface area (Å²) in [6, 6.07) is 19.4. The van der Waals surface area contributed by atoms with E-state index in [1.54, 1.807) is 54.6 Å². The molecule has 1 amide bonds. The van der Waals surface area contributed by atoms with Gasteiger partial charge in [0, 0.05) is 11.1 Å². The number of halogens is 2. The van der Waals surface area contributed by atoms with E-state index < -0.39 is 11.5 Å². The second-order valence-electron chi connectivity index (χ2n) is 7.67. The van der Waals surface area contributed by atoms with Gasteiger partial charge in [0.1, 0.15) is 0 Å². The summed E-state index contributed by atoms with van der Waals surface area (Å²) in [4.78, 5) is 27.8. The van der Waals surface area contributed by atoms with Crippen LogP contribution < -0.4 is 4.90 Å². The fourth-order valence-corrected chi connectivity index (χ4v) is 4.24. The lowest BCUT2D eigenvalue weighted by atomic mass is 9.88. The predicted molar refractivity (Wildman–Crippen MR) is 123 cm³/mol. The van der Waals surface area contributed by atoms with E-state index >= 15 is 0 Å². The highest BCUT2D eigenvalue weighted by Crippen LogP contribution is 2.43. The van der Waals surface area contributed by atoms with Crippen LogP contribution >= 0.6 is 23.2 Å². The maximum absolute atomic E-state index is 13.4. The van der Waals surface area contributed by atoms with Crippen LogP contribution in [-0.4, -0.2) is 16.8 Å². The fraction of sp³-hybridized carbons (Fsp3) is 0.200. The van der Waals surface area contributed by atoms with Crippen LogP contribution in [0.3, 0.4) is 0 Å². The number of nitrogens with zero attached hydrogens (tertiary/aromatic N) is 1. The Morgan fingerprint density at radius 1 is 0.968 bits per heavy atom. The van der Waals surface area contributed by atoms with Crippen molar-refractivity contribution in [1.82, 2.24) is 0 Å². The Balaban J connectivity index is 1.65. The first-order valence-corrected chi connectivity index (χ1v) is 10.8. The zero-order chi connectivity index (χ0) is 22.2. The Morgan fingerprint density at radius 3 is 2.32 bits per heavy atom. The molecule has 6 heteroatoms. The lowest BCUT2D eigenvalue weighted by molar-refractivity contribution is -0.136. The third-order valence-electron chi connectivity index (χ3n) is 5.66. The van der Waals surface area contributed by atoms with Crippen LogP contribution in [0.2, 0.25) is 10.0 Å². The minimum atomic E-state index is -1.92. The Hall–Kier alpha value is -2.66. The largest absolute Gasteiger partial charge is 0.375 e. The highest BCUT2D eigenvalue weighted by molar-refractivity contribution is 6.42. The van der Waals surface area contributed by atoms with Gasteiger partial charge < -0.3 is 10.0 Å². The normalized spacial score (nSPS) is 17.7. The van der Waals surface area contributed by atoms with Crippen LogP contribution in [0.1, 0.15) is 40.4 Å². The zero-order valence-corrected chi connectivity index (χ0v) is 18.5. The third-order valence-corrected chi connectivity index (χ3v) is 6.40. The average molecular weight is 454 g/mol. The minimum Gasteiger partial charge on any atom is -0.375 e. The van der Waals surface area contributed by atoms with Crippen LogP contribution in [-0.2, 0) is 23.4 Å². The van der Waals surface area contributed by atoms with Crippen LogP contribution in [0.5, 0.6) is 0 Å². The summed E-state index contributed by atoms with van der Waals surface area (Å²) < 4.78 is 0. The second kappa shape index (κ2) is 8.46. The number of aryl methyl sites for hydroxylation is 1. The van der Waals surface area contributed by atoms with E-state index in [1.807, 2.05) is 19.1 Å². The number of carbonyl (C=O) groups is 2. The minimum absolute atomic E-state index is 0.203. The molecule has 1 atom stereocenters. The van der Waals surface area contributed by atoms with Crippen LogP contribution in [0.4, 0.5) is 5.69 Å². The molecule has 3 aromatic rings. The number of hydrogen-bond donors (Lipinski definition) is 1. The molecule has 0 fully saturated rings. The predicted octanol–water partition coefficient (Wildman–Crippen LogP) is 5.56. The number of carbonyl (C=O) groups excluding carboxylic acids is 2. The molecule has 1 N–H and O–H groups in total. The Bertz CT molecular complexity index is 1160. The van der Waals surface area contributed by atoms with Crippen LogP contribution in [0.15, 0.2) is 66.7 Å². The van der Waals surface area contributed by atoms with Gasteiger partial charge in [-0.3, -0.25) is 9.59 Å². The van der Waals surface area contributed by atoms with Gasteiger partial charge >= 0.3 is 0 Å². The molecular weight excluding hydrogens is 433 g/mol. The number of benzene rings is 3. The molecule has 0 unspecified atom stereocenters. The van der Waals surface area contributed by atoms with Crippen molar-refractivity contribution in [3.63, 3.8) is 0 Å². The highest BCUT2D eigenvalue weighted by Gasteiger charge is 2.50. The molecule has 31 heavy (non-hydrogen) atoms. The fourth-order valence-electron chi connectivity index (χ4n) is 3.92. The first kappa shape index (κ1) is 21.6. The maximum atomic E-state index is 13.4. The Labute approximate surface area is 191 Å².